The Hall–Kier alpha value is -2.25. The Balaban J connectivity index is 1.60. The number of nitrogens with zero attached hydrogens (tertiary/aromatic N) is 2. The van der Waals surface area contributed by atoms with Gasteiger partial charge in [0.2, 0.25) is 5.91 Å². The van der Waals surface area contributed by atoms with Gasteiger partial charge in [-0.15, -0.1) is 0 Å². The maximum atomic E-state index is 12.5. The van der Waals surface area contributed by atoms with E-state index >= 15 is 0 Å². The lowest BCUT2D eigenvalue weighted by atomic mass is 10.2. The molecule has 0 unspecified atom stereocenters. The number of anilines is 1. The van der Waals surface area contributed by atoms with Crippen molar-refractivity contribution in [2.24, 2.45) is 0 Å². The van der Waals surface area contributed by atoms with E-state index in [0.29, 0.717) is 40.3 Å². The largest absolute Gasteiger partial charge is 0.482 e. The van der Waals surface area contributed by atoms with Crippen LogP contribution in [0, 0.1) is 6.92 Å². The molecule has 2 heterocycles. The minimum atomic E-state index is -0.571. The van der Waals surface area contributed by atoms with E-state index < -0.39 is 6.04 Å². The van der Waals surface area contributed by atoms with Crippen LogP contribution in [0.5, 0.6) is 5.75 Å². The van der Waals surface area contributed by atoms with Crippen LogP contribution >= 0.6 is 23.2 Å². The second-order valence-electron chi connectivity index (χ2n) is 5.92. The summed E-state index contributed by atoms with van der Waals surface area (Å²) in [5, 5.41) is 7.21. The number of rotatable bonds is 5. The molecule has 1 aliphatic rings. The number of carbonyl (C=O) groups excluding carboxylic acids is 2. The first-order chi connectivity index (χ1) is 12.4. The molecule has 1 saturated heterocycles. The van der Waals surface area contributed by atoms with Crippen LogP contribution in [0.3, 0.4) is 0 Å². The van der Waals surface area contributed by atoms with E-state index in [1.807, 2.05) is 0 Å². The monoisotopic (exact) mass is 397 g/mol. The van der Waals surface area contributed by atoms with Gasteiger partial charge in [0.15, 0.2) is 12.4 Å². The maximum Gasteiger partial charge on any atom is 0.261 e. The zero-order valence-electron chi connectivity index (χ0n) is 14.0. The summed E-state index contributed by atoms with van der Waals surface area (Å²) in [7, 11) is 0. The third-order valence-corrected chi connectivity index (χ3v) is 4.55. The Labute approximate surface area is 160 Å². The molecule has 0 aliphatic carbocycles. The van der Waals surface area contributed by atoms with Crippen molar-refractivity contribution in [3.63, 3.8) is 0 Å². The molecule has 0 saturated carbocycles. The predicted molar refractivity (Wildman–Crippen MR) is 96.6 cm³/mol. The molecule has 3 rings (SSSR count). The van der Waals surface area contributed by atoms with E-state index in [4.69, 9.17) is 32.5 Å². The molecule has 0 bridgehead atoms. The van der Waals surface area contributed by atoms with Gasteiger partial charge in [0.25, 0.3) is 5.91 Å². The van der Waals surface area contributed by atoms with Crippen molar-refractivity contribution in [1.29, 1.82) is 0 Å². The van der Waals surface area contributed by atoms with Crippen LogP contribution in [-0.4, -0.2) is 41.1 Å². The van der Waals surface area contributed by atoms with E-state index in [9.17, 15) is 9.59 Å². The maximum absolute atomic E-state index is 12.5. The fourth-order valence-corrected chi connectivity index (χ4v) is 3.12. The number of hydrogen-bond donors (Lipinski definition) is 1. The molecule has 1 aromatic carbocycles. The van der Waals surface area contributed by atoms with E-state index in [2.05, 4.69) is 10.5 Å². The number of hydrogen-bond acceptors (Lipinski definition) is 5. The van der Waals surface area contributed by atoms with E-state index in [1.165, 1.54) is 11.0 Å². The number of likely N-dealkylation sites (tertiary alicyclic amines) is 1. The molecule has 26 heavy (non-hydrogen) atoms. The first kappa shape index (κ1) is 18.5. The molecule has 1 atom stereocenters. The fourth-order valence-electron chi connectivity index (χ4n) is 2.78. The van der Waals surface area contributed by atoms with Gasteiger partial charge >= 0.3 is 0 Å². The van der Waals surface area contributed by atoms with Gasteiger partial charge in [-0.2, -0.15) is 0 Å². The number of benzene rings is 1. The normalized spacial score (nSPS) is 16.6. The van der Waals surface area contributed by atoms with Crippen LogP contribution in [0.15, 0.2) is 28.8 Å². The van der Waals surface area contributed by atoms with Crippen LogP contribution < -0.4 is 10.1 Å². The highest BCUT2D eigenvalue weighted by Crippen LogP contribution is 2.28. The number of aryl methyl sites for hydroxylation is 1. The van der Waals surface area contributed by atoms with Crippen molar-refractivity contribution in [3.8, 4) is 5.75 Å². The van der Waals surface area contributed by atoms with Crippen LogP contribution in [0.2, 0.25) is 10.0 Å². The first-order valence-electron chi connectivity index (χ1n) is 8.05. The molecule has 1 N–H and O–H groups in total. The summed E-state index contributed by atoms with van der Waals surface area (Å²) < 4.78 is 10.4. The number of ether oxygens (including phenoxy) is 1. The summed E-state index contributed by atoms with van der Waals surface area (Å²) in [6.07, 6.45) is 1.31. The highest BCUT2D eigenvalue weighted by Gasteiger charge is 2.34. The van der Waals surface area contributed by atoms with Crippen LogP contribution in [0.25, 0.3) is 0 Å². The molecule has 138 valence electrons. The van der Waals surface area contributed by atoms with Crippen molar-refractivity contribution in [2.75, 3.05) is 18.5 Å². The third-order valence-electron chi connectivity index (χ3n) is 4.00. The second-order valence-corrected chi connectivity index (χ2v) is 6.76. The van der Waals surface area contributed by atoms with E-state index in [0.717, 1.165) is 6.42 Å². The molecule has 0 radical (unpaired) electrons. The molecule has 1 aromatic heterocycles. The highest BCUT2D eigenvalue weighted by molar-refractivity contribution is 6.34. The van der Waals surface area contributed by atoms with Gasteiger partial charge in [0, 0.05) is 23.7 Å². The number of halogens is 2. The van der Waals surface area contributed by atoms with Gasteiger partial charge in [-0.05, 0) is 31.9 Å². The summed E-state index contributed by atoms with van der Waals surface area (Å²) in [5.41, 5.74) is 0. The number of nitrogens with one attached hydrogen (secondary N) is 1. The molecule has 2 amide bonds. The summed E-state index contributed by atoms with van der Waals surface area (Å²) in [5.74, 6) is 0.644. The van der Waals surface area contributed by atoms with Gasteiger partial charge in [0.05, 0.1) is 5.02 Å². The molecule has 1 fully saturated rings. The molecule has 2 aromatic rings. The van der Waals surface area contributed by atoms with E-state index in [-0.39, 0.29) is 18.4 Å². The zero-order chi connectivity index (χ0) is 18.7. The SMILES string of the molecule is Cc1cc(NC(=O)[C@@H]2CCCN2C(=O)COc2cc(Cl)ccc2Cl)no1. The van der Waals surface area contributed by atoms with Crippen LogP contribution in [-0.2, 0) is 9.59 Å². The van der Waals surface area contributed by atoms with Gasteiger partial charge in [-0.25, -0.2) is 0 Å². The topological polar surface area (TPSA) is 84.7 Å². The van der Waals surface area contributed by atoms with Crippen molar-refractivity contribution in [2.45, 2.75) is 25.8 Å². The Morgan fingerprint density at radius 3 is 2.92 bits per heavy atom. The van der Waals surface area contributed by atoms with Crippen molar-refractivity contribution < 1.29 is 18.8 Å². The Kier molecular flexibility index (Phi) is 5.68. The molecule has 9 heteroatoms. The summed E-state index contributed by atoms with van der Waals surface area (Å²) in [6, 6.07) is 5.81. The zero-order valence-corrected chi connectivity index (χ0v) is 15.5. The number of carbonyl (C=O) groups is 2. The van der Waals surface area contributed by atoms with E-state index in [1.54, 1.807) is 25.1 Å². The standard InChI is InChI=1S/C17H17Cl2N3O4/c1-10-7-15(21-26-10)20-17(24)13-3-2-6-22(13)16(23)9-25-14-8-11(18)4-5-12(14)19/h4-5,7-8,13H,2-3,6,9H2,1H3,(H,20,21,24)/t13-/m0/s1. The van der Waals surface area contributed by atoms with Gasteiger partial charge < -0.3 is 19.5 Å². The number of aromatic nitrogens is 1. The highest BCUT2D eigenvalue weighted by atomic mass is 35.5. The molecule has 1 aliphatic heterocycles. The number of amides is 2. The van der Waals surface area contributed by atoms with Gasteiger partial charge in [-0.1, -0.05) is 28.4 Å². The predicted octanol–water partition coefficient (Wildman–Crippen LogP) is 3.30. The average Bonchev–Trinajstić information content (AvgIpc) is 3.24. The summed E-state index contributed by atoms with van der Waals surface area (Å²) in [6.45, 7) is 1.99. The molecular weight excluding hydrogens is 381 g/mol. The second kappa shape index (κ2) is 7.97. The molecule has 0 spiro atoms. The lowest BCUT2D eigenvalue weighted by Crippen LogP contribution is -2.45. The van der Waals surface area contributed by atoms with Crippen LogP contribution in [0.1, 0.15) is 18.6 Å². The minimum Gasteiger partial charge on any atom is -0.482 e. The van der Waals surface area contributed by atoms with Crippen LogP contribution in [0.4, 0.5) is 5.82 Å². The quantitative estimate of drug-likeness (QED) is 0.836. The average molecular weight is 398 g/mol. The molecular formula is C17H17Cl2N3O4. The Bertz CT molecular complexity index is 824. The Morgan fingerprint density at radius 2 is 2.19 bits per heavy atom. The molecule has 7 nitrogen and oxygen atoms in total. The van der Waals surface area contributed by atoms with Gasteiger partial charge in [0.1, 0.15) is 17.6 Å². The third kappa shape index (κ3) is 4.28. The van der Waals surface area contributed by atoms with Crippen molar-refractivity contribution >= 4 is 40.8 Å². The van der Waals surface area contributed by atoms with Crippen molar-refractivity contribution in [1.82, 2.24) is 10.1 Å². The fraction of sp³-hybridized carbons (Fsp3) is 0.353. The summed E-state index contributed by atoms with van der Waals surface area (Å²) in [4.78, 5) is 26.4. The van der Waals surface area contributed by atoms with Gasteiger partial charge in [-0.3, -0.25) is 9.59 Å². The Morgan fingerprint density at radius 1 is 1.38 bits per heavy atom. The van der Waals surface area contributed by atoms with Crippen molar-refractivity contribution in [3.05, 3.63) is 40.1 Å². The smallest absolute Gasteiger partial charge is 0.261 e. The lowest BCUT2D eigenvalue weighted by molar-refractivity contribution is -0.138. The summed E-state index contributed by atoms with van der Waals surface area (Å²) >= 11 is 11.9. The minimum absolute atomic E-state index is 0.229. The lowest BCUT2D eigenvalue weighted by Gasteiger charge is -2.23. The first-order valence-corrected chi connectivity index (χ1v) is 8.81.